The molecule has 198 valence electrons. The summed E-state index contributed by atoms with van der Waals surface area (Å²) in [5, 5.41) is 2.28. The van der Waals surface area contributed by atoms with E-state index in [2.05, 4.69) is 5.32 Å². The fourth-order valence-corrected chi connectivity index (χ4v) is 8.82. The smallest absolute Gasteiger partial charge is 0.248 e. The molecule has 0 aromatic carbocycles. The normalized spacial score (nSPS) is 28.7. The van der Waals surface area contributed by atoms with Crippen LogP contribution in [0.15, 0.2) is 22.8 Å². The minimum absolute atomic E-state index is 0.0449. The van der Waals surface area contributed by atoms with Crippen LogP contribution in [0.1, 0.15) is 90.2 Å². The van der Waals surface area contributed by atoms with Crippen molar-refractivity contribution >= 4 is 27.6 Å². The molecule has 0 radical (unpaired) electrons. The first-order chi connectivity index (χ1) is 17.1. The summed E-state index contributed by atoms with van der Waals surface area (Å²) in [7, 11) is -3.75. The predicted octanol–water partition coefficient (Wildman–Crippen LogP) is 2.89. The molecule has 1 aromatic heterocycles. The lowest BCUT2D eigenvalue weighted by Gasteiger charge is -2.48. The average molecular weight is 520 g/mol. The highest BCUT2D eigenvalue weighted by Crippen LogP contribution is 2.48. The van der Waals surface area contributed by atoms with E-state index in [4.69, 9.17) is 4.42 Å². The number of nitrogens with zero attached hydrogens (tertiary/aromatic N) is 2. The number of fused-ring (bicyclic) bond motifs is 1. The second-order valence-electron chi connectivity index (χ2n) is 11.4. The maximum Gasteiger partial charge on any atom is 0.248 e. The van der Waals surface area contributed by atoms with E-state index in [0.29, 0.717) is 18.6 Å². The lowest BCUT2D eigenvalue weighted by molar-refractivity contribution is -0.162. The molecule has 2 aliphatic heterocycles. The highest BCUT2D eigenvalue weighted by atomic mass is 32.2. The quantitative estimate of drug-likeness (QED) is 0.578. The fraction of sp³-hybridized carbons (Fsp3) is 0.731. The highest BCUT2D eigenvalue weighted by molar-refractivity contribution is 7.93. The standard InChI is InChI=1S/C26H37N3O6S/c1-25(2)22(29-20(30)16-21(29)36(25,33)34)23(31)28(17-19-12-9-15-35-19)26(13-7-4-8-14-26)24(32)27-18-10-5-3-6-11-18/h9,12,15,18,21-22H,3-8,10-11,13-14,16-17H2,1-2H3,(H,27,32)/t21-,22+/m0/s1. The molecule has 1 aromatic rings. The summed E-state index contributed by atoms with van der Waals surface area (Å²) in [5.41, 5.74) is -1.12. The van der Waals surface area contributed by atoms with Gasteiger partial charge in [0.15, 0.2) is 9.84 Å². The third-order valence-electron chi connectivity index (χ3n) is 8.93. The van der Waals surface area contributed by atoms with Crippen molar-refractivity contribution in [3.05, 3.63) is 24.2 Å². The first-order valence-electron chi connectivity index (χ1n) is 13.3. The van der Waals surface area contributed by atoms with Gasteiger partial charge in [-0.05, 0) is 51.7 Å². The Kier molecular flexibility index (Phi) is 6.46. The molecule has 1 N–H and O–H groups in total. The summed E-state index contributed by atoms with van der Waals surface area (Å²) in [6, 6.07) is 2.39. The zero-order chi connectivity index (χ0) is 25.7. The Balaban J connectivity index is 1.54. The van der Waals surface area contributed by atoms with Crippen molar-refractivity contribution in [3.8, 4) is 0 Å². The number of carbonyl (C=O) groups excluding carboxylic acids is 3. The van der Waals surface area contributed by atoms with Gasteiger partial charge in [-0.25, -0.2) is 8.42 Å². The first-order valence-corrected chi connectivity index (χ1v) is 14.8. The Morgan fingerprint density at radius 2 is 1.78 bits per heavy atom. The van der Waals surface area contributed by atoms with Crippen LogP contribution < -0.4 is 5.32 Å². The van der Waals surface area contributed by atoms with E-state index in [1.165, 1.54) is 25.0 Å². The molecule has 0 unspecified atom stereocenters. The van der Waals surface area contributed by atoms with Crippen molar-refractivity contribution in [3.63, 3.8) is 0 Å². The molecular weight excluding hydrogens is 482 g/mol. The molecule has 5 rings (SSSR count). The molecule has 2 saturated carbocycles. The van der Waals surface area contributed by atoms with Crippen LogP contribution in [-0.4, -0.2) is 63.7 Å². The third kappa shape index (κ3) is 3.87. The van der Waals surface area contributed by atoms with Gasteiger partial charge in [0.2, 0.25) is 17.7 Å². The number of sulfone groups is 1. The number of β-lactam (4-membered cyclic amide) rings is 1. The lowest BCUT2D eigenvalue weighted by Crippen LogP contribution is -2.67. The maximum atomic E-state index is 14.5. The van der Waals surface area contributed by atoms with Crippen LogP contribution in [-0.2, 0) is 30.8 Å². The van der Waals surface area contributed by atoms with E-state index in [1.807, 2.05) is 0 Å². The zero-order valence-electron chi connectivity index (χ0n) is 21.2. The van der Waals surface area contributed by atoms with Gasteiger partial charge in [-0.2, -0.15) is 0 Å². The van der Waals surface area contributed by atoms with Crippen molar-refractivity contribution in [2.45, 2.75) is 119 Å². The Bertz CT molecular complexity index is 1120. The number of furan rings is 1. The highest BCUT2D eigenvalue weighted by Gasteiger charge is 2.69. The van der Waals surface area contributed by atoms with Gasteiger partial charge < -0.3 is 19.5 Å². The van der Waals surface area contributed by atoms with E-state index in [1.54, 1.807) is 17.0 Å². The number of rotatable bonds is 6. The minimum atomic E-state index is -3.75. The molecule has 2 aliphatic carbocycles. The van der Waals surface area contributed by atoms with E-state index in [9.17, 15) is 22.8 Å². The number of amides is 3. The monoisotopic (exact) mass is 519 g/mol. The molecule has 10 heteroatoms. The molecular formula is C26H37N3O6S. The second kappa shape index (κ2) is 9.19. The van der Waals surface area contributed by atoms with Crippen LogP contribution in [0.3, 0.4) is 0 Å². The van der Waals surface area contributed by atoms with Crippen molar-refractivity contribution in [1.29, 1.82) is 0 Å². The van der Waals surface area contributed by atoms with Crippen LogP contribution in [0.25, 0.3) is 0 Å². The first kappa shape index (κ1) is 25.3. The number of carbonyl (C=O) groups is 3. The Morgan fingerprint density at radius 1 is 1.11 bits per heavy atom. The van der Waals surface area contributed by atoms with Crippen molar-refractivity contribution in [2.24, 2.45) is 0 Å². The fourth-order valence-electron chi connectivity index (χ4n) is 6.70. The summed E-state index contributed by atoms with van der Waals surface area (Å²) in [6.45, 7) is 3.09. The average Bonchev–Trinajstić information content (AvgIpc) is 3.41. The van der Waals surface area contributed by atoms with Gasteiger partial charge in [0.1, 0.15) is 22.7 Å². The topological polar surface area (TPSA) is 117 Å². The molecule has 36 heavy (non-hydrogen) atoms. The molecule has 3 heterocycles. The van der Waals surface area contributed by atoms with Crippen LogP contribution in [0.4, 0.5) is 0 Å². The van der Waals surface area contributed by atoms with Crippen molar-refractivity contribution in [2.75, 3.05) is 0 Å². The number of hydrogen-bond acceptors (Lipinski definition) is 6. The van der Waals surface area contributed by atoms with Gasteiger partial charge in [0, 0.05) is 6.04 Å². The summed E-state index contributed by atoms with van der Waals surface area (Å²) in [4.78, 5) is 43.9. The molecule has 2 atom stereocenters. The number of hydrogen-bond donors (Lipinski definition) is 1. The summed E-state index contributed by atoms with van der Waals surface area (Å²) in [6.07, 6.45) is 10.1. The van der Waals surface area contributed by atoms with E-state index in [-0.39, 0.29) is 30.8 Å². The van der Waals surface area contributed by atoms with Crippen LogP contribution in [0, 0.1) is 0 Å². The molecule has 3 amide bonds. The summed E-state index contributed by atoms with van der Waals surface area (Å²) >= 11 is 0. The van der Waals surface area contributed by atoms with E-state index in [0.717, 1.165) is 51.4 Å². The molecule has 4 aliphatic rings. The molecule has 4 fully saturated rings. The minimum Gasteiger partial charge on any atom is -0.467 e. The molecule has 0 bridgehead atoms. The maximum absolute atomic E-state index is 14.5. The summed E-state index contributed by atoms with van der Waals surface area (Å²) < 4.78 is 30.7. The molecule has 2 saturated heterocycles. The van der Waals surface area contributed by atoms with Crippen molar-refractivity contribution < 1.29 is 27.2 Å². The zero-order valence-corrected chi connectivity index (χ0v) is 22.0. The van der Waals surface area contributed by atoms with Gasteiger partial charge in [-0.1, -0.05) is 38.5 Å². The molecule has 9 nitrogen and oxygen atoms in total. The van der Waals surface area contributed by atoms with Gasteiger partial charge in [-0.3, -0.25) is 14.4 Å². The summed E-state index contributed by atoms with van der Waals surface area (Å²) in [5.74, 6) is -0.478. The SMILES string of the molecule is CC1(C)[C@@H](C(=O)N(Cc2ccco2)C2(C(=O)NC3CCCCC3)CCCCC2)N2C(=O)C[C@@H]2S1(=O)=O. The van der Waals surface area contributed by atoms with Gasteiger partial charge in [0.25, 0.3) is 0 Å². The van der Waals surface area contributed by atoms with Crippen LogP contribution in [0.2, 0.25) is 0 Å². The van der Waals surface area contributed by atoms with Crippen LogP contribution in [0.5, 0.6) is 0 Å². The lowest BCUT2D eigenvalue weighted by atomic mass is 9.78. The Morgan fingerprint density at radius 3 is 2.39 bits per heavy atom. The third-order valence-corrected chi connectivity index (χ3v) is 11.7. The number of nitrogens with one attached hydrogen (secondary N) is 1. The van der Waals surface area contributed by atoms with Crippen molar-refractivity contribution in [1.82, 2.24) is 15.1 Å². The van der Waals surface area contributed by atoms with Gasteiger partial charge in [0.05, 0.1) is 24.0 Å². The van der Waals surface area contributed by atoms with E-state index >= 15 is 0 Å². The largest absolute Gasteiger partial charge is 0.467 e. The Labute approximate surface area is 212 Å². The molecule has 0 spiro atoms. The predicted molar refractivity (Wildman–Crippen MR) is 132 cm³/mol. The second-order valence-corrected chi connectivity index (χ2v) is 14.1. The Hall–Kier alpha value is -2.36. The van der Waals surface area contributed by atoms with Crippen LogP contribution >= 0.6 is 0 Å². The van der Waals surface area contributed by atoms with Gasteiger partial charge in [-0.15, -0.1) is 0 Å². The van der Waals surface area contributed by atoms with Gasteiger partial charge >= 0.3 is 0 Å². The van der Waals surface area contributed by atoms with E-state index < -0.39 is 37.4 Å².